The number of hydrogen-bond donors (Lipinski definition) is 1. The molecule has 0 saturated carbocycles. The third kappa shape index (κ3) is 3.93. The number of ether oxygens (including phenoxy) is 2. The Hall–Kier alpha value is -0.610. The van der Waals surface area contributed by atoms with Gasteiger partial charge in [0.25, 0.3) is 0 Å². The van der Waals surface area contributed by atoms with Gasteiger partial charge in [-0.05, 0) is 19.8 Å². The molecule has 1 saturated heterocycles. The highest BCUT2D eigenvalue weighted by atomic mass is 16.5. The van der Waals surface area contributed by atoms with Crippen LogP contribution in [0.2, 0.25) is 0 Å². The maximum Gasteiger partial charge on any atom is 0.311 e. The van der Waals surface area contributed by atoms with E-state index in [1.54, 1.807) is 0 Å². The molecule has 0 aromatic heterocycles. The van der Waals surface area contributed by atoms with Crippen LogP contribution in [0.4, 0.5) is 0 Å². The van der Waals surface area contributed by atoms with Gasteiger partial charge in [0.15, 0.2) is 0 Å². The monoisotopic (exact) mass is 272 g/mol. The van der Waals surface area contributed by atoms with Crippen LogP contribution < -0.4 is 0 Å². The Labute approximate surface area is 116 Å². The number of carbonyl (C=O) groups excluding carboxylic acids is 1. The van der Waals surface area contributed by atoms with Crippen LogP contribution in [0, 0.1) is 5.92 Å². The molecule has 1 heterocycles. The molecule has 1 fully saturated rings. The predicted molar refractivity (Wildman–Crippen MR) is 73.9 cm³/mol. The Kier molecular flexibility index (Phi) is 5.81. The summed E-state index contributed by atoms with van der Waals surface area (Å²) in [5, 5.41) is 10.9. The Morgan fingerprint density at radius 2 is 2.16 bits per heavy atom. The molecule has 112 valence electrons. The van der Waals surface area contributed by atoms with Crippen LogP contribution >= 0.6 is 0 Å². The molecule has 0 radical (unpaired) electrons. The lowest BCUT2D eigenvalue weighted by atomic mass is 9.72. The topological polar surface area (TPSA) is 55.8 Å². The van der Waals surface area contributed by atoms with Gasteiger partial charge in [-0.2, -0.15) is 0 Å². The predicted octanol–water partition coefficient (Wildman–Crippen LogP) is 2.68. The first-order valence-electron chi connectivity index (χ1n) is 7.35. The van der Waals surface area contributed by atoms with E-state index in [0.717, 1.165) is 19.3 Å². The van der Waals surface area contributed by atoms with E-state index >= 15 is 0 Å². The summed E-state index contributed by atoms with van der Waals surface area (Å²) < 4.78 is 10.7. The number of unbranched alkanes of at least 4 members (excludes halogenated alkanes) is 1. The number of aliphatic hydroxyl groups is 1. The second-order valence-corrected chi connectivity index (χ2v) is 5.90. The molecule has 1 aliphatic rings. The SMILES string of the molecule is CCCCC(C(=O)OC)C1(O)CCOC(C)(CC)C1. The highest BCUT2D eigenvalue weighted by Gasteiger charge is 2.48. The van der Waals surface area contributed by atoms with Gasteiger partial charge in [0.2, 0.25) is 0 Å². The summed E-state index contributed by atoms with van der Waals surface area (Å²) >= 11 is 0. The zero-order valence-electron chi connectivity index (χ0n) is 12.7. The van der Waals surface area contributed by atoms with Crippen LogP contribution in [-0.2, 0) is 14.3 Å². The quantitative estimate of drug-likeness (QED) is 0.755. The first-order valence-corrected chi connectivity index (χ1v) is 7.35. The van der Waals surface area contributed by atoms with Crippen LogP contribution in [0.15, 0.2) is 0 Å². The van der Waals surface area contributed by atoms with Gasteiger partial charge >= 0.3 is 5.97 Å². The molecule has 1 rings (SSSR count). The molecular formula is C15H28O4. The minimum atomic E-state index is -0.995. The van der Waals surface area contributed by atoms with E-state index in [4.69, 9.17) is 9.47 Å². The van der Waals surface area contributed by atoms with Gasteiger partial charge in [0, 0.05) is 12.8 Å². The average molecular weight is 272 g/mol. The van der Waals surface area contributed by atoms with Gasteiger partial charge in [0.05, 0.1) is 30.8 Å². The average Bonchev–Trinajstić information content (AvgIpc) is 2.38. The number of rotatable bonds is 6. The second-order valence-electron chi connectivity index (χ2n) is 5.90. The molecule has 0 aromatic carbocycles. The van der Waals surface area contributed by atoms with Crippen LogP contribution in [0.25, 0.3) is 0 Å². The van der Waals surface area contributed by atoms with Crippen LogP contribution in [0.1, 0.15) is 59.3 Å². The third-order valence-corrected chi connectivity index (χ3v) is 4.39. The highest BCUT2D eigenvalue weighted by molar-refractivity contribution is 5.73. The van der Waals surface area contributed by atoms with Gasteiger partial charge in [0.1, 0.15) is 0 Å². The lowest BCUT2D eigenvalue weighted by Gasteiger charge is -2.46. The van der Waals surface area contributed by atoms with Gasteiger partial charge in [-0.15, -0.1) is 0 Å². The van der Waals surface area contributed by atoms with Crippen molar-refractivity contribution < 1.29 is 19.4 Å². The summed E-state index contributed by atoms with van der Waals surface area (Å²) in [7, 11) is 1.39. The van der Waals surface area contributed by atoms with E-state index in [1.807, 2.05) is 13.8 Å². The molecule has 4 nitrogen and oxygen atoms in total. The van der Waals surface area contributed by atoms with Crippen LogP contribution in [0.5, 0.6) is 0 Å². The van der Waals surface area contributed by atoms with Gasteiger partial charge in [-0.25, -0.2) is 0 Å². The fraction of sp³-hybridized carbons (Fsp3) is 0.933. The van der Waals surface area contributed by atoms with Gasteiger partial charge in [-0.1, -0.05) is 26.7 Å². The molecule has 0 aromatic rings. The van der Waals surface area contributed by atoms with Gasteiger partial charge < -0.3 is 14.6 Å². The Morgan fingerprint density at radius 3 is 2.68 bits per heavy atom. The molecule has 0 amide bonds. The lowest BCUT2D eigenvalue weighted by molar-refractivity contribution is -0.189. The number of esters is 1. The molecule has 4 heteroatoms. The van der Waals surface area contributed by atoms with Crippen molar-refractivity contribution in [2.45, 2.75) is 70.5 Å². The van der Waals surface area contributed by atoms with E-state index in [9.17, 15) is 9.90 Å². The van der Waals surface area contributed by atoms with E-state index in [2.05, 4.69) is 6.92 Å². The van der Waals surface area contributed by atoms with Crippen molar-refractivity contribution in [3.8, 4) is 0 Å². The first kappa shape index (κ1) is 16.4. The first-order chi connectivity index (χ1) is 8.90. The van der Waals surface area contributed by atoms with E-state index in [-0.39, 0.29) is 11.6 Å². The summed E-state index contributed by atoms with van der Waals surface area (Å²) in [6, 6.07) is 0. The maximum atomic E-state index is 12.0. The fourth-order valence-corrected chi connectivity index (χ4v) is 2.94. The molecule has 3 unspecified atom stereocenters. The minimum absolute atomic E-state index is 0.295. The number of methoxy groups -OCH3 is 1. The van der Waals surface area contributed by atoms with Crippen molar-refractivity contribution in [1.29, 1.82) is 0 Å². The van der Waals surface area contributed by atoms with Crippen LogP contribution in [-0.4, -0.2) is 36.0 Å². The van der Waals surface area contributed by atoms with Gasteiger partial charge in [-0.3, -0.25) is 4.79 Å². The molecule has 1 N–H and O–H groups in total. The zero-order valence-corrected chi connectivity index (χ0v) is 12.7. The summed E-state index contributed by atoms with van der Waals surface area (Å²) in [6.07, 6.45) is 4.44. The normalized spacial score (nSPS) is 32.9. The molecule has 0 spiro atoms. The Morgan fingerprint density at radius 1 is 1.47 bits per heavy atom. The second kappa shape index (κ2) is 6.71. The summed E-state index contributed by atoms with van der Waals surface area (Å²) in [4.78, 5) is 12.0. The molecule has 3 atom stereocenters. The van der Waals surface area contributed by atoms with E-state index < -0.39 is 11.5 Å². The number of hydrogen-bond acceptors (Lipinski definition) is 4. The standard InChI is InChI=1S/C15H28O4/c1-5-7-8-12(13(16)18-4)15(17)9-10-19-14(3,6-2)11-15/h12,17H,5-11H2,1-4H3. The van der Waals surface area contributed by atoms with Crippen molar-refractivity contribution in [3.63, 3.8) is 0 Å². The molecule has 19 heavy (non-hydrogen) atoms. The molecule has 1 aliphatic heterocycles. The van der Waals surface area contributed by atoms with Crippen molar-refractivity contribution in [2.24, 2.45) is 5.92 Å². The van der Waals surface area contributed by atoms with E-state index in [0.29, 0.717) is 25.9 Å². The minimum Gasteiger partial charge on any atom is -0.469 e. The van der Waals surface area contributed by atoms with E-state index in [1.165, 1.54) is 7.11 Å². The number of carbonyl (C=O) groups is 1. The largest absolute Gasteiger partial charge is 0.469 e. The molecular weight excluding hydrogens is 244 g/mol. The summed E-state index contributed by atoms with van der Waals surface area (Å²) in [6.45, 7) is 6.63. The maximum absolute atomic E-state index is 12.0. The smallest absolute Gasteiger partial charge is 0.311 e. The Balaban J connectivity index is 2.88. The highest BCUT2D eigenvalue weighted by Crippen LogP contribution is 2.41. The molecule has 0 bridgehead atoms. The molecule has 0 aliphatic carbocycles. The van der Waals surface area contributed by atoms with Crippen LogP contribution in [0.3, 0.4) is 0 Å². The fourth-order valence-electron chi connectivity index (χ4n) is 2.94. The summed E-state index contributed by atoms with van der Waals surface area (Å²) in [5.41, 5.74) is -1.34. The lowest BCUT2D eigenvalue weighted by Crippen LogP contribution is -2.53. The summed E-state index contributed by atoms with van der Waals surface area (Å²) in [5.74, 6) is -0.733. The zero-order chi connectivity index (χ0) is 14.5. The van der Waals surface area contributed by atoms with Crippen molar-refractivity contribution in [3.05, 3.63) is 0 Å². The van der Waals surface area contributed by atoms with Crippen molar-refractivity contribution in [1.82, 2.24) is 0 Å². The van der Waals surface area contributed by atoms with Crippen molar-refractivity contribution >= 4 is 5.97 Å². The third-order valence-electron chi connectivity index (χ3n) is 4.39. The van der Waals surface area contributed by atoms with Crippen molar-refractivity contribution in [2.75, 3.05) is 13.7 Å². The Bertz CT molecular complexity index is 305.